The summed E-state index contributed by atoms with van der Waals surface area (Å²) >= 11 is 0. The summed E-state index contributed by atoms with van der Waals surface area (Å²) in [5.41, 5.74) is 6.46. The van der Waals surface area contributed by atoms with Gasteiger partial charge in [0.05, 0.1) is 6.61 Å². The first-order valence-electron chi connectivity index (χ1n) is 2.84. The van der Waals surface area contributed by atoms with Crippen molar-refractivity contribution >= 4 is 19.1 Å². The van der Waals surface area contributed by atoms with E-state index in [-0.39, 0.29) is 6.61 Å². The number of anilines is 1. The maximum atomic E-state index is 8.67. The van der Waals surface area contributed by atoms with Gasteiger partial charge in [0.25, 0.3) is 0 Å². The van der Waals surface area contributed by atoms with Gasteiger partial charge in [-0.3, -0.25) is 0 Å². The maximum absolute atomic E-state index is 8.67. The molecule has 0 unspecified atom stereocenters. The second-order valence-electron chi connectivity index (χ2n) is 1.97. The topological polar surface area (TPSA) is 59.1 Å². The predicted octanol–water partition coefficient (Wildman–Crippen LogP) is -1.05. The fraction of sp³-hybridized carbons (Fsp3) is 0.167. The molecule has 50 valence electrons. The fourth-order valence-electron chi connectivity index (χ4n) is 0.666. The standard InChI is InChI=1S/C6H7BN2O/c7-5-1-4(3-10)6(8)9-2-5/h1-2,10H,3H2,(H2,8,9). The minimum atomic E-state index is -0.121. The summed E-state index contributed by atoms with van der Waals surface area (Å²) in [6, 6.07) is 1.60. The molecule has 3 N–H and O–H groups in total. The molecule has 0 bridgehead atoms. The number of hydrogen-bond acceptors (Lipinski definition) is 3. The van der Waals surface area contributed by atoms with Crippen LogP contribution < -0.4 is 11.2 Å². The highest BCUT2D eigenvalue weighted by molar-refractivity contribution is 6.32. The molecule has 0 fully saturated rings. The second-order valence-corrected chi connectivity index (χ2v) is 1.97. The van der Waals surface area contributed by atoms with Gasteiger partial charge >= 0.3 is 0 Å². The van der Waals surface area contributed by atoms with Gasteiger partial charge in [0.15, 0.2) is 0 Å². The van der Waals surface area contributed by atoms with E-state index in [1.807, 2.05) is 0 Å². The first-order chi connectivity index (χ1) is 4.74. The molecule has 0 spiro atoms. The Morgan fingerprint density at radius 2 is 2.40 bits per heavy atom. The molecule has 3 nitrogen and oxygen atoms in total. The fourth-order valence-corrected chi connectivity index (χ4v) is 0.666. The molecule has 0 aliphatic heterocycles. The van der Waals surface area contributed by atoms with Crippen molar-refractivity contribution in [3.8, 4) is 0 Å². The summed E-state index contributed by atoms with van der Waals surface area (Å²) in [5.74, 6) is 0.330. The molecule has 2 radical (unpaired) electrons. The molecule has 1 aromatic heterocycles. The number of rotatable bonds is 1. The van der Waals surface area contributed by atoms with E-state index in [0.717, 1.165) is 0 Å². The first-order valence-corrected chi connectivity index (χ1v) is 2.84. The van der Waals surface area contributed by atoms with Gasteiger partial charge < -0.3 is 10.8 Å². The Labute approximate surface area is 60.3 Å². The van der Waals surface area contributed by atoms with Crippen molar-refractivity contribution in [2.24, 2.45) is 0 Å². The lowest BCUT2D eigenvalue weighted by molar-refractivity contribution is 0.282. The highest BCUT2D eigenvalue weighted by Crippen LogP contribution is 2.03. The summed E-state index contributed by atoms with van der Waals surface area (Å²) in [6.45, 7) is -0.121. The molecule has 0 aliphatic rings. The summed E-state index contributed by atoms with van der Waals surface area (Å²) < 4.78 is 0. The van der Waals surface area contributed by atoms with Crippen molar-refractivity contribution in [3.63, 3.8) is 0 Å². The van der Waals surface area contributed by atoms with Gasteiger partial charge in [-0.15, -0.1) is 0 Å². The third kappa shape index (κ3) is 1.27. The predicted molar refractivity (Wildman–Crippen MR) is 40.0 cm³/mol. The van der Waals surface area contributed by atoms with Gasteiger partial charge in [-0.05, 0) is 0 Å². The molecular formula is C6H7BN2O. The van der Waals surface area contributed by atoms with E-state index in [1.54, 1.807) is 6.07 Å². The zero-order chi connectivity index (χ0) is 7.56. The van der Waals surface area contributed by atoms with Crippen molar-refractivity contribution in [2.75, 3.05) is 5.73 Å². The molecular weight excluding hydrogens is 127 g/mol. The zero-order valence-corrected chi connectivity index (χ0v) is 5.41. The average molecular weight is 134 g/mol. The van der Waals surface area contributed by atoms with Crippen LogP contribution in [0.1, 0.15) is 5.56 Å². The zero-order valence-electron chi connectivity index (χ0n) is 5.41. The van der Waals surface area contributed by atoms with Gasteiger partial charge in [-0.1, -0.05) is 11.5 Å². The minimum Gasteiger partial charge on any atom is -0.392 e. The van der Waals surface area contributed by atoms with Gasteiger partial charge in [-0.2, -0.15) is 0 Å². The monoisotopic (exact) mass is 134 g/mol. The lowest BCUT2D eigenvalue weighted by Gasteiger charge is -2.00. The Bertz CT molecular complexity index is 239. The first kappa shape index (κ1) is 7.09. The quantitative estimate of drug-likeness (QED) is 0.481. The summed E-state index contributed by atoms with van der Waals surface area (Å²) in [4.78, 5) is 3.74. The third-order valence-corrected chi connectivity index (χ3v) is 1.19. The van der Waals surface area contributed by atoms with Crippen LogP contribution in [-0.2, 0) is 6.61 Å². The Kier molecular flexibility index (Phi) is 1.92. The van der Waals surface area contributed by atoms with Crippen molar-refractivity contribution < 1.29 is 5.11 Å². The second kappa shape index (κ2) is 2.71. The number of nitrogen functional groups attached to an aromatic ring is 1. The van der Waals surface area contributed by atoms with Crippen LogP contribution in [0.5, 0.6) is 0 Å². The normalized spacial score (nSPS) is 9.70. The van der Waals surface area contributed by atoms with Crippen molar-refractivity contribution in [1.82, 2.24) is 4.98 Å². The number of hydrogen-bond donors (Lipinski definition) is 2. The van der Waals surface area contributed by atoms with E-state index >= 15 is 0 Å². The van der Waals surface area contributed by atoms with E-state index in [4.69, 9.17) is 18.7 Å². The molecule has 10 heavy (non-hydrogen) atoms. The molecule has 1 aromatic rings. The van der Waals surface area contributed by atoms with Crippen molar-refractivity contribution in [1.29, 1.82) is 0 Å². The Hall–Kier alpha value is -1.03. The third-order valence-electron chi connectivity index (χ3n) is 1.19. The molecule has 0 atom stereocenters. The van der Waals surface area contributed by atoms with E-state index < -0.39 is 0 Å². The Balaban J connectivity index is 3.09. The van der Waals surface area contributed by atoms with E-state index in [2.05, 4.69) is 4.98 Å². The van der Waals surface area contributed by atoms with Crippen LogP contribution in [0.25, 0.3) is 0 Å². The van der Waals surface area contributed by atoms with Gasteiger partial charge in [-0.25, -0.2) is 4.98 Å². The molecule has 0 aliphatic carbocycles. The van der Waals surface area contributed by atoms with E-state index in [0.29, 0.717) is 16.8 Å². The largest absolute Gasteiger partial charge is 0.392 e. The molecule has 0 aromatic carbocycles. The Morgan fingerprint density at radius 1 is 1.70 bits per heavy atom. The van der Waals surface area contributed by atoms with Gasteiger partial charge in [0.2, 0.25) is 0 Å². The van der Waals surface area contributed by atoms with Crippen LogP contribution in [0.15, 0.2) is 12.3 Å². The lowest BCUT2D eigenvalue weighted by atomic mass is 9.97. The summed E-state index contributed by atoms with van der Waals surface area (Å²) in [6.07, 6.45) is 1.45. The van der Waals surface area contributed by atoms with Crippen LogP contribution in [0.4, 0.5) is 5.82 Å². The SMILES string of the molecule is [B]c1cnc(N)c(CO)c1. The summed E-state index contributed by atoms with van der Waals surface area (Å²) in [7, 11) is 5.37. The number of aliphatic hydroxyl groups excluding tert-OH is 1. The lowest BCUT2D eigenvalue weighted by Crippen LogP contribution is -2.08. The Morgan fingerprint density at radius 3 is 2.90 bits per heavy atom. The number of aliphatic hydroxyl groups is 1. The van der Waals surface area contributed by atoms with E-state index in [1.165, 1.54) is 6.20 Å². The number of nitrogens with zero attached hydrogens (tertiary/aromatic N) is 1. The number of aromatic nitrogens is 1. The van der Waals surface area contributed by atoms with Gasteiger partial charge in [0.1, 0.15) is 13.7 Å². The van der Waals surface area contributed by atoms with Crippen molar-refractivity contribution in [3.05, 3.63) is 17.8 Å². The highest BCUT2D eigenvalue weighted by Gasteiger charge is 1.96. The van der Waals surface area contributed by atoms with Crippen LogP contribution >= 0.6 is 0 Å². The smallest absolute Gasteiger partial charge is 0.128 e. The number of pyridine rings is 1. The van der Waals surface area contributed by atoms with Crippen LogP contribution in [-0.4, -0.2) is 17.9 Å². The number of nitrogens with two attached hydrogens (primary N) is 1. The molecule has 0 saturated heterocycles. The minimum absolute atomic E-state index is 0.121. The highest BCUT2D eigenvalue weighted by atomic mass is 16.3. The van der Waals surface area contributed by atoms with Crippen LogP contribution in [0, 0.1) is 0 Å². The van der Waals surface area contributed by atoms with Gasteiger partial charge in [0, 0.05) is 11.8 Å². The van der Waals surface area contributed by atoms with Crippen molar-refractivity contribution in [2.45, 2.75) is 6.61 Å². The van der Waals surface area contributed by atoms with Crippen LogP contribution in [0.3, 0.4) is 0 Å². The molecule has 4 heteroatoms. The van der Waals surface area contributed by atoms with E-state index in [9.17, 15) is 0 Å². The molecule has 1 rings (SSSR count). The molecule has 0 saturated carbocycles. The molecule has 0 amide bonds. The molecule has 1 heterocycles. The van der Waals surface area contributed by atoms with Crippen LogP contribution in [0.2, 0.25) is 0 Å². The summed E-state index contributed by atoms with van der Waals surface area (Å²) in [5, 5.41) is 8.67. The maximum Gasteiger partial charge on any atom is 0.128 e. The average Bonchev–Trinajstić information content (AvgIpc) is 1.94.